The van der Waals surface area contributed by atoms with Crippen LogP contribution in [0.1, 0.15) is 116 Å². The monoisotopic (exact) mass is 492 g/mol. The number of hydrogen-bond acceptors (Lipinski definition) is 4. The number of phenols is 1. The largest absolute Gasteiger partial charge is 0.508 e. The van der Waals surface area contributed by atoms with Crippen LogP contribution in [0.5, 0.6) is 5.75 Å². The Balaban J connectivity index is 1.81. The van der Waals surface area contributed by atoms with E-state index in [9.17, 15) is 14.7 Å². The van der Waals surface area contributed by atoms with E-state index < -0.39 is 0 Å². The Hall–Kier alpha value is -1.69. The molecule has 0 unspecified atom stereocenters. The van der Waals surface area contributed by atoms with Crippen molar-refractivity contribution in [1.29, 1.82) is 0 Å². The van der Waals surface area contributed by atoms with Crippen LogP contribution >= 0.6 is 11.8 Å². The summed E-state index contributed by atoms with van der Waals surface area (Å²) in [5, 5.41) is 14.9. The van der Waals surface area contributed by atoms with Crippen molar-refractivity contribution >= 4 is 23.6 Å². The van der Waals surface area contributed by atoms with Gasteiger partial charge in [0.15, 0.2) is 0 Å². The van der Waals surface area contributed by atoms with Crippen LogP contribution in [-0.4, -0.2) is 29.3 Å². The van der Waals surface area contributed by atoms with Crippen LogP contribution in [-0.2, 0) is 9.59 Å². The van der Waals surface area contributed by atoms with Crippen molar-refractivity contribution in [3.8, 4) is 5.75 Å². The lowest BCUT2D eigenvalue weighted by Gasteiger charge is -2.08. The summed E-state index contributed by atoms with van der Waals surface area (Å²) in [4.78, 5) is 24.9. The van der Waals surface area contributed by atoms with Gasteiger partial charge in [-0.25, -0.2) is 0 Å². The summed E-state index contributed by atoms with van der Waals surface area (Å²) >= 11 is 1.85. The zero-order chi connectivity index (χ0) is 24.7. The van der Waals surface area contributed by atoms with Crippen molar-refractivity contribution in [3.63, 3.8) is 0 Å². The molecule has 0 aliphatic heterocycles. The van der Waals surface area contributed by atoms with E-state index in [1.807, 2.05) is 23.9 Å². The number of benzene rings is 1. The third-order valence-corrected chi connectivity index (χ3v) is 7.08. The van der Waals surface area contributed by atoms with Gasteiger partial charge in [0.05, 0.1) is 6.67 Å². The smallest absolute Gasteiger partial charge is 0.221 e. The van der Waals surface area contributed by atoms with E-state index in [-0.39, 0.29) is 18.5 Å². The normalized spacial score (nSPS) is 10.9. The number of carbonyl (C=O) groups is 2. The van der Waals surface area contributed by atoms with Gasteiger partial charge in [0.2, 0.25) is 11.8 Å². The highest BCUT2D eigenvalue weighted by Gasteiger charge is 2.04. The van der Waals surface area contributed by atoms with Gasteiger partial charge in [0, 0.05) is 17.7 Å². The van der Waals surface area contributed by atoms with Crippen LogP contribution in [0.15, 0.2) is 29.2 Å². The number of phenolic OH excluding ortho intramolecular Hbond substituents is 1. The first-order chi connectivity index (χ1) is 16.6. The molecule has 0 aromatic heterocycles. The molecule has 34 heavy (non-hydrogen) atoms. The quantitative estimate of drug-likeness (QED) is 0.0899. The van der Waals surface area contributed by atoms with Crippen molar-refractivity contribution in [1.82, 2.24) is 10.6 Å². The molecular weight excluding hydrogens is 444 g/mol. The number of amides is 2. The number of unbranched alkanes of at least 4 members (excludes halogenated alkanes) is 13. The van der Waals surface area contributed by atoms with Gasteiger partial charge < -0.3 is 15.7 Å². The fourth-order valence-corrected chi connectivity index (χ4v) is 4.75. The number of rotatable bonds is 22. The number of hydrogen-bond donors (Lipinski definition) is 3. The van der Waals surface area contributed by atoms with Gasteiger partial charge in [0.1, 0.15) is 5.75 Å². The van der Waals surface area contributed by atoms with Crippen molar-refractivity contribution < 1.29 is 14.7 Å². The zero-order valence-electron chi connectivity index (χ0n) is 21.4. The van der Waals surface area contributed by atoms with Gasteiger partial charge in [-0.05, 0) is 49.3 Å². The van der Waals surface area contributed by atoms with E-state index in [0.29, 0.717) is 18.6 Å². The maximum absolute atomic E-state index is 11.9. The van der Waals surface area contributed by atoms with Gasteiger partial charge >= 0.3 is 0 Å². The summed E-state index contributed by atoms with van der Waals surface area (Å²) in [6, 6.07) is 7.41. The van der Waals surface area contributed by atoms with Crippen molar-refractivity contribution in [2.24, 2.45) is 0 Å². The lowest BCUT2D eigenvalue weighted by Crippen LogP contribution is -2.37. The molecule has 0 fully saturated rings. The highest BCUT2D eigenvalue weighted by molar-refractivity contribution is 7.99. The number of aromatic hydroxyl groups is 1. The topological polar surface area (TPSA) is 78.4 Å². The summed E-state index contributed by atoms with van der Waals surface area (Å²) in [5.74, 6) is 1.51. The van der Waals surface area contributed by atoms with Crippen molar-refractivity contribution in [2.75, 3.05) is 12.4 Å². The first kappa shape index (κ1) is 30.3. The van der Waals surface area contributed by atoms with Gasteiger partial charge in [0.25, 0.3) is 0 Å². The number of nitrogens with one attached hydrogen (secondary N) is 2. The van der Waals surface area contributed by atoms with Crippen LogP contribution < -0.4 is 10.6 Å². The second-order valence-electron chi connectivity index (χ2n) is 9.17. The summed E-state index contributed by atoms with van der Waals surface area (Å²) in [6.07, 6.45) is 19.0. The van der Waals surface area contributed by atoms with Crippen LogP contribution in [0.2, 0.25) is 0 Å². The molecule has 2 amide bonds. The third-order valence-electron chi connectivity index (χ3n) is 5.98. The first-order valence-corrected chi connectivity index (χ1v) is 14.6. The molecule has 1 aromatic carbocycles. The number of carbonyl (C=O) groups excluding carboxylic acids is 2. The summed E-state index contributed by atoms with van der Waals surface area (Å²) < 4.78 is 0. The van der Waals surface area contributed by atoms with Crippen LogP contribution in [0.3, 0.4) is 0 Å². The Morgan fingerprint density at radius 1 is 0.676 bits per heavy atom. The van der Waals surface area contributed by atoms with E-state index in [1.54, 1.807) is 12.1 Å². The minimum atomic E-state index is 0.0300. The van der Waals surface area contributed by atoms with E-state index in [0.717, 1.165) is 31.4 Å². The third kappa shape index (κ3) is 18.7. The minimum Gasteiger partial charge on any atom is -0.508 e. The molecule has 5 nitrogen and oxygen atoms in total. The molecule has 194 valence electrons. The fourth-order valence-electron chi connectivity index (χ4n) is 3.84. The maximum atomic E-state index is 11.9. The summed E-state index contributed by atoms with van der Waals surface area (Å²) in [5.41, 5.74) is 0. The lowest BCUT2D eigenvalue weighted by molar-refractivity contribution is -0.123. The van der Waals surface area contributed by atoms with Gasteiger partial charge in [-0.3, -0.25) is 9.59 Å². The van der Waals surface area contributed by atoms with Crippen molar-refractivity contribution in [3.05, 3.63) is 24.3 Å². The molecule has 3 N–H and O–H groups in total. The molecular formula is C28H48N2O3S. The standard InChI is InChI=1S/C28H48N2O3S/c1-2-3-4-5-8-11-14-17-27(32)29-24-30-28(33)18-15-12-9-6-7-10-13-16-23-34-26-21-19-25(31)20-22-26/h19-22,31H,2-18,23-24H2,1H3,(H,29,32)(H,30,33). The number of thioether (sulfide) groups is 1. The average Bonchev–Trinajstić information content (AvgIpc) is 2.83. The Labute approximate surface area is 212 Å². The molecule has 6 heteroatoms. The first-order valence-electron chi connectivity index (χ1n) is 13.6. The molecule has 0 aliphatic carbocycles. The Morgan fingerprint density at radius 3 is 1.62 bits per heavy atom. The van der Waals surface area contributed by atoms with E-state index in [4.69, 9.17) is 0 Å². The molecule has 0 atom stereocenters. The fraction of sp³-hybridized carbons (Fsp3) is 0.714. The van der Waals surface area contributed by atoms with Crippen LogP contribution in [0.25, 0.3) is 0 Å². The second kappa shape index (κ2) is 21.8. The van der Waals surface area contributed by atoms with Gasteiger partial charge in [-0.15, -0.1) is 11.8 Å². The Morgan fingerprint density at radius 2 is 1.12 bits per heavy atom. The molecule has 0 saturated heterocycles. The van der Waals surface area contributed by atoms with Crippen molar-refractivity contribution in [2.45, 2.75) is 121 Å². The zero-order valence-corrected chi connectivity index (χ0v) is 22.2. The molecule has 0 saturated carbocycles. The van der Waals surface area contributed by atoms with Crippen LogP contribution in [0.4, 0.5) is 0 Å². The Kier molecular flexibility index (Phi) is 19.5. The predicted molar refractivity (Wildman–Crippen MR) is 144 cm³/mol. The molecule has 0 radical (unpaired) electrons. The molecule has 0 aliphatic rings. The van der Waals surface area contributed by atoms with E-state index in [1.165, 1.54) is 75.5 Å². The molecule has 0 bridgehead atoms. The molecule has 1 rings (SSSR count). The highest BCUT2D eigenvalue weighted by atomic mass is 32.2. The summed E-state index contributed by atoms with van der Waals surface area (Å²) in [7, 11) is 0. The lowest BCUT2D eigenvalue weighted by atomic mass is 10.1. The molecule has 1 aromatic rings. The molecule has 0 spiro atoms. The van der Waals surface area contributed by atoms with E-state index in [2.05, 4.69) is 17.6 Å². The average molecular weight is 493 g/mol. The van der Waals surface area contributed by atoms with E-state index >= 15 is 0 Å². The van der Waals surface area contributed by atoms with Gasteiger partial charge in [-0.1, -0.05) is 84.0 Å². The van der Waals surface area contributed by atoms with Crippen LogP contribution in [0, 0.1) is 0 Å². The van der Waals surface area contributed by atoms with Gasteiger partial charge in [-0.2, -0.15) is 0 Å². The SMILES string of the molecule is CCCCCCCCCC(=O)NCNC(=O)CCCCCCCCCCSc1ccc(O)cc1. The minimum absolute atomic E-state index is 0.0300. The Bertz CT molecular complexity index is 637. The highest BCUT2D eigenvalue weighted by Crippen LogP contribution is 2.22. The maximum Gasteiger partial charge on any atom is 0.221 e. The summed E-state index contributed by atoms with van der Waals surface area (Å²) in [6.45, 7) is 2.47. The predicted octanol–water partition coefficient (Wildman–Crippen LogP) is 7.33. The molecule has 0 heterocycles. The second-order valence-corrected chi connectivity index (χ2v) is 10.3.